The van der Waals surface area contributed by atoms with Gasteiger partial charge in [-0.3, -0.25) is 4.98 Å². The van der Waals surface area contributed by atoms with Crippen molar-refractivity contribution < 1.29 is 0 Å². The first-order valence-corrected chi connectivity index (χ1v) is 5.73. The maximum Gasteiger partial charge on any atom is 0.0628 e. The molecule has 1 N–H and O–H groups in total. The third kappa shape index (κ3) is 2.59. The third-order valence-corrected chi connectivity index (χ3v) is 3.37. The van der Waals surface area contributed by atoms with Gasteiger partial charge < -0.3 is 5.32 Å². The highest BCUT2D eigenvalue weighted by Crippen LogP contribution is 2.47. The lowest BCUT2D eigenvalue weighted by atomic mass is 10.0. The molecule has 0 saturated heterocycles. The number of aryl methyl sites for hydroxylation is 1. The Labute approximate surface area is 96.5 Å². The molecule has 84 valence electrons. The molecule has 1 aliphatic carbocycles. The van der Waals surface area contributed by atoms with Crippen LogP contribution in [0.5, 0.6) is 0 Å². The van der Waals surface area contributed by atoms with Crippen molar-refractivity contribution in [1.29, 1.82) is 5.26 Å². The summed E-state index contributed by atoms with van der Waals surface area (Å²) in [6.45, 7) is 3.91. The Balaban J connectivity index is 1.81. The van der Waals surface area contributed by atoms with Crippen LogP contribution in [-0.2, 0) is 6.54 Å². The van der Waals surface area contributed by atoms with Gasteiger partial charge in [0, 0.05) is 31.9 Å². The smallest absolute Gasteiger partial charge is 0.0628 e. The van der Waals surface area contributed by atoms with Gasteiger partial charge in [0.1, 0.15) is 0 Å². The van der Waals surface area contributed by atoms with Gasteiger partial charge in [-0.2, -0.15) is 5.26 Å². The minimum absolute atomic E-state index is 0.283. The molecule has 16 heavy (non-hydrogen) atoms. The van der Waals surface area contributed by atoms with Crippen LogP contribution in [0, 0.1) is 23.7 Å². The van der Waals surface area contributed by atoms with Crippen LogP contribution in [0.3, 0.4) is 0 Å². The molecular formula is C13H17N3. The molecule has 1 aromatic rings. The number of nitrogens with zero attached hydrogens (tertiary/aromatic N) is 2. The van der Waals surface area contributed by atoms with Crippen molar-refractivity contribution in [1.82, 2.24) is 10.3 Å². The SMILES string of the molecule is Cc1ccncc1CNCC1(CC#N)CC1. The molecule has 1 heterocycles. The number of pyridine rings is 1. The predicted molar refractivity (Wildman–Crippen MR) is 62.6 cm³/mol. The van der Waals surface area contributed by atoms with Gasteiger partial charge in [0.05, 0.1) is 6.07 Å². The van der Waals surface area contributed by atoms with Crippen molar-refractivity contribution >= 4 is 0 Å². The zero-order valence-electron chi connectivity index (χ0n) is 9.66. The molecule has 1 aromatic heterocycles. The number of nitrogens with one attached hydrogen (secondary N) is 1. The van der Waals surface area contributed by atoms with Gasteiger partial charge >= 0.3 is 0 Å². The summed E-state index contributed by atoms with van der Waals surface area (Å²) in [6, 6.07) is 4.31. The molecule has 1 fully saturated rings. The summed E-state index contributed by atoms with van der Waals surface area (Å²) in [4.78, 5) is 4.12. The van der Waals surface area contributed by atoms with Crippen molar-refractivity contribution in [3.63, 3.8) is 0 Å². The standard InChI is InChI=1S/C13H17N3/c1-11-2-7-15-8-12(11)9-16-10-13(3-4-13)5-6-14/h2,7-8,16H,3-5,9-10H2,1H3. The fourth-order valence-electron chi connectivity index (χ4n) is 1.90. The number of hydrogen-bond acceptors (Lipinski definition) is 3. The van der Waals surface area contributed by atoms with Gasteiger partial charge in [-0.25, -0.2) is 0 Å². The second-order valence-corrected chi connectivity index (χ2v) is 4.74. The lowest BCUT2D eigenvalue weighted by Crippen LogP contribution is -2.23. The maximum absolute atomic E-state index is 8.71. The molecule has 0 aromatic carbocycles. The van der Waals surface area contributed by atoms with E-state index in [4.69, 9.17) is 5.26 Å². The van der Waals surface area contributed by atoms with E-state index in [0.717, 1.165) is 13.1 Å². The van der Waals surface area contributed by atoms with E-state index in [1.165, 1.54) is 24.0 Å². The van der Waals surface area contributed by atoms with Gasteiger partial charge in [0.15, 0.2) is 0 Å². The van der Waals surface area contributed by atoms with Crippen LogP contribution in [0.2, 0.25) is 0 Å². The van der Waals surface area contributed by atoms with E-state index in [0.29, 0.717) is 6.42 Å². The average Bonchev–Trinajstić information content (AvgIpc) is 3.02. The van der Waals surface area contributed by atoms with Crippen LogP contribution in [-0.4, -0.2) is 11.5 Å². The summed E-state index contributed by atoms with van der Waals surface area (Å²) >= 11 is 0. The van der Waals surface area contributed by atoms with Crippen LogP contribution in [0.25, 0.3) is 0 Å². The fourth-order valence-corrected chi connectivity index (χ4v) is 1.90. The minimum Gasteiger partial charge on any atom is -0.312 e. The topological polar surface area (TPSA) is 48.7 Å². The molecular weight excluding hydrogens is 198 g/mol. The molecule has 2 rings (SSSR count). The minimum atomic E-state index is 0.283. The van der Waals surface area contributed by atoms with E-state index >= 15 is 0 Å². The lowest BCUT2D eigenvalue weighted by Gasteiger charge is -2.12. The van der Waals surface area contributed by atoms with Gasteiger partial charge in [-0.15, -0.1) is 0 Å². The first kappa shape index (κ1) is 11.1. The first-order chi connectivity index (χ1) is 7.76. The molecule has 0 radical (unpaired) electrons. The Morgan fingerprint density at radius 1 is 1.56 bits per heavy atom. The summed E-state index contributed by atoms with van der Waals surface area (Å²) < 4.78 is 0. The zero-order valence-corrected chi connectivity index (χ0v) is 9.66. The summed E-state index contributed by atoms with van der Waals surface area (Å²) in [5.41, 5.74) is 2.80. The van der Waals surface area contributed by atoms with Crippen LogP contribution < -0.4 is 5.32 Å². The van der Waals surface area contributed by atoms with Crippen molar-refractivity contribution in [3.05, 3.63) is 29.6 Å². The number of rotatable bonds is 5. The quantitative estimate of drug-likeness (QED) is 0.819. The Morgan fingerprint density at radius 3 is 3.00 bits per heavy atom. The van der Waals surface area contributed by atoms with Crippen LogP contribution in [0.1, 0.15) is 30.4 Å². The molecule has 1 aliphatic rings. The normalized spacial score (nSPS) is 16.8. The van der Waals surface area contributed by atoms with E-state index in [2.05, 4.69) is 23.3 Å². The van der Waals surface area contributed by atoms with Crippen LogP contribution >= 0.6 is 0 Å². The predicted octanol–water partition coefficient (Wildman–Crippen LogP) is 2.17. The highest BCUT2D eigenvalue weighted by atomic mass is 14.9. The first-order valence-electron chi connectivity index (χ1n) is 5.73. The fraction of sp³-hybridized carbons (Fsp3) is 0.538. The van der Waals surface area contributed by atoms with Gasteiger partial charge in [-0.05, 0) is 42.4 Å². The van der Waals surface area contributed by atoms with E-state index in [1.807, 2.05) is 18.5 Å². The van der Waals surface area contributed by atoms with Gasteiger partial charge in [0.25, 0.3) is 0 Å². The van der Waals surface area contributed by atoms with Crippen molar-refractivity contribution in [2.75, 3.05) is 6.54 Å². The van der Waals surface area contributed by atoms with E-state index in [9.17, 15) is 0 Å². The molecule has 0 aliphatic heterocycles. The second kappa shape index (κ2) is 4.63. The van der Waals surface area contributed by atoms with Gasteiger partial charge in [0.2, 0.25) is 0 Å². The summed E-state index contributed by atoms with van der Waals surface area (Å²) in [5.74, 6) is 0. The van der Waals surface area contributed by atoms with Crippen molar-refractivity contribution in [2.24, 2.45) is 5.41 Å². The molecule has 0 bridgehead atoms. The van der Waals surface area contributed by atoms with Crippen LogP contribution in [0.4, 0.5) is 0 Å². The molecule has 0 amide bonds. The molecule has 3 heteroatoms. The Kier molecular flexibility index (Phi) is 3.21. The van der Waals surface area contributed by atoms with E-state index in [1.54, 1.807) is 0 Å². The number of aromatic nitrogens is 1. The summed E-state index contributed by atoms with van der Waals surface area (Å²) in [7, 11) is 0. The summed E-state index contributed by atoms with van der Waals surface area (Å²) in [6.07, 6.45) is 6.80. The molecule has 0 unspecified atom stereocenters. The molecule has 0 atom stereocenters. The largest absolute Gasteiger partial charge is 0.312 e. The van der Waals surface area contributed by atoms with E-state index in [-0.39, 0.29) is 5.41 Å². The number of hydrogen-bond donors (Lipinski definition) is 1. The third-order valence-electron chi connectivity index (χ3n) is 3.37. The van der Waals surface area contributed by atoms with Crippen LogP contribution in [0.15, 0.2) is 18.5 Å². The Hall–Kier alpha value is -1.40. The van der Waals surface area contributed by atoms with Crippen molar-refractivity contribution in [2.45, 2.75) is 32.7 Å². The highest BCUT2D eigenvalue weighted by Gasteiger charge is 2.41. The van der Waals surface area contributed by atoms with Gasteiger partial charge in [-0.1, -0.05) is 0 Å². The monoisotopic (exact) mass is 215 g/mol. The molecule has 1 saturated carbocycles. The second-order valence-electron chi connectivity index (χ2n) is 4.74. The Morgan fingerprint density at radius 2 is 2.38 bits per heavy atom. The lowest BCUT2D eigenvalue weighted by molar-refractivity contribution is 0.466. The summed E-state index contributed by atoms with van der Waals surface area (Å²) in [5, 5.41) is 12.2. The zero-order chi connectivity index (χ0) is 11.4. The maximum atomic E-state index is 8.71. The average molecular weight is 215 g/mol. The number of nitriles is 1. The van der Waals surface area contributed by atoms with E-state index < -0.39 is 0 Å². The Bertz CT molecular complexity index is 402. The van der Waals surface area contributed by atoms with Crippen molar-refractivity contribution in [3.8, 4) is 6.07 Å². The highest BCUT2D eigenvalue weighted by molar-refractivity contribution is 5.21. The molecule has 3 nitrogen and oxygen atoms in total. The molecule has 0 spiro atoms.